The highest BCUT2D eigenvalue weighted by Gasteiger charge is 2.39. The van der Waals surface area contributed by atoms with Crippen molar-refractivity contribution < 1.29 is 8.42 Å². The van der Waals surface area contributed by atoms with Gasteiger partial charge in [0.15, 0.2) is 0 Å². The third-order valence-electron chi connectivity index (χ3n) is 6.37. The molecular weight excluding hydrogens is 424 g/mol. The highest BCUT2D eigenvalue weighted by atomic mass is 32.2. The van der Waals surface area contributed by atoms with E-state index in [1.807, 2.05) is 25.1 Å². The number of fused-ring (bicyclic) bond motifs is 2. The van der Waals surface area contributed by atoms with E-state index in [0.717, 1.165) is 28.9 Å². The first-order valence-corrected chi connectivity index (χ1v) is 13.0. The zero-order valence-electron chi connectivity index (χ0n) is 18.2. The Morgan fingerprint density at radius 2 is 1.68 bits per heavy atom. The summed E-state index contributed by atoms with van der Waals surface area (Å²) in [6, 6.07) is 16.3. The van der Waals surface area contributed by atoms with Crippen LogP contribution in [0.5, 0.6) is 0 Å². The Morgan fingerprint density at radius 1 is 0.968 bits per heavy atom. The summed E-state index contributed by atoms with van der Waals surface area (Å²) >= 11 is 1.68. The summed E-state index contributed by atoms with van der Waals surface area (Å²) in [5.41, 5.74) is 4.36. The zero-order valence-corrected chi connectivity index (χ0v) is 19.8. The molecule has 0 saturated carbocycles. The zero-order chi connectivity index (χ0) is 22.1. The van der Waals surface area contributed by atoms with Crippen molar-refractivity contribution in [2.75, 3.05) is 6.54 Å². The van der Waals surface area contributed by atoms with Gasteiger partial charge >= 0.3 is 0 Å². The number of nitrogens with zero attached hydrogens (tertiary/aromatic N) is 1. The van der Waals surface area contributed by atoms with Gasteiger partial charge in [0.1, 0.15) is 0 Å². The summed E-state index contributed by atoms with van der Waals surface area (Å²) in [7, 11) is -3.60. The molecule has 1 aliphatic heterocycles. The molecule has 0 spiro atoms. The number of nitrogens with one attached hydrogen (secondary N) is 1. The van der Waals surface area contributed by atoms with E-state index in [0.29, 0.717) is 17.9 Å². The van der Waals surface area contributed by atoms with Gasteiger partial charge in [-0.2, -0.15) is 0 Å². The van der Waals surface area contributed by atoms with Gasteiger partial charge in [-0.05, 0) is 72.7 Å². The molecule has 0 radical (unpaired) electrons. The molecule has 1 N–H and O–H groups in total. The molecular formula is C25H28N2O2S2. The lowest BCUT2D eigenvalue weighted by molar-refractivity contribution is 0.457. The van der Waals surface area contributed by atoms with Gasteiger partial charge in [-0.15, -0.1) is 0 Å². The van der Waals surface area contributed by atoms with Crippen LogP contribution in [0.25, 0.3) is 0 Å². The first-order chi connectivity index (χ1) is 14.9. The lowest BCUT2D eigenvalue weighted by Gasteiger charge is -2.40. The van der Waals surface area contributed by atoms with Crippen molar-refractivity contribution in [3.63, 3.8) is 0 Å². The second kappa shape index (κ2) is 8.77. The van der Waals surface area contributed by atoms with Gasteiger partial charge in [0.05, 0.1) is 4.90 Å². The van der Waals surface area contributed by atoms with E-state index in [2.05, 4.69) is 53.9 Å². The van der Waals surface area contributed by atoms with Crippen molar-refractivity contribution in [1.82, 2.24) is 9.71 Å². The van der Waals surface area contributed by atoms with E-state index in [4.69, 9.17) is 0 Å². The summed E-state index contributed by atoms with van der Waals surface area (Å²) in [4.78, 5) is 6.64. The van der Waals surface area contributed by atoms with Crippen molar-refractivity contribution in [3.8, 4) is 0 Å². The van der Waals surface area contributed by atoms with Gasteiger partial charge in [0.25, 0.3) is 0 Å². The van der Waals surface area contributed by atoms with Crippen molar-refractivity contribution in [3.05, 3.63) is 83.2 Å². The van der Waals surface area contributed by atoms with Gasteiger partial charge in [0.2, 0.25) is 10.0 Å². The first-order valence-electron chi connectivity index (χ1n) is 10.7. The molecule has 0 fully saturated rings. The number of aryl methyl sites for hydroxylation is 1. The molecule has 31 heavy (non-hydrogen) atoms. The van der Waals surface area contributed by atoms with E-state index in [-0.39, 0.29) is 5.41 Å². The van der Waals surface area contributed by atoms with E-state index < -0.39 is 10.0 Å². The number of hydrogen-bond acceptors (Lipinski definition) is 4. The van der Waals surface area contributed by atoms with Crippen LogP contribution in [0.3, 0.4) is 0 Å². The molecule has 0 amide bonds. The maximum Gasteiger partial charge on any atom is 0.240 e. The maximum atomic E-state index is 13.1. The van der Waals surface area contributed by atoms with Crippen molar-refractivity contribution in [2.24, 2.45) is 0 Å². The Morgan fingerprint density at radius 3 is 2.39 bits per heavy atom. The monoisotopic (exact) mass is 452 g/mol. The van der Waals surface area contributed by atoms with Crippen LogP contribution in [0.1, 0.15) is 48.9 Å². The Balaban J connectivity index is 1.68. The fourth-order valence-corrected chi connectivity index (χ4v) is 7.26. The summed E-state index contributed by atoms with van der Waals surface area (Å²) in [5, 5.41) is 0. The summed E-state index contributed by atoms with van der Waals surface area (Å²) < 4.78 is 29.1. The predicted octanol–water partition coefficient (Wildman–Crippen LogP) is 5.48. The van der Waals surface area contributed by atoms with Crippen molar-refractivity contribution >= 4 is 21.8 Å². The fraction of sp³-hybridized carbons (Fsp3) is 0.320. The first kappa shape index (κ1) is 22.1. The van der Waals surface area contributed by atoms with Gasteiger partial charge < -0.3 is 0 Å². The summed E-state index contributed by atoms with van der Waals surface area (Å²) in [6.07, 6.45) is 6.02. The molecule has 1 aliphatic rings. The Hall–Kier alpha value is -2.15. The van der Waals surface area contributed by atoms with Crippen LogP contribution in [0.4, 0.5) is 0 Å². The van der Waals surface area contributed by atoms with Crippen molar-refractivity contribution in [2.45, 2.75) is 60.1 Å². The van der Waals surface area contributed by atoms with E-state index in [9.17, 15) is 8.42 Å². The van der Waals surface area contributed by atoms with Gasteiger partial charge in [0, 0.05) is 34.1 Å². The van der Waals surface area contributed by atoms with E-state index in [1.165, 1.54) is 16.0 Å². The molecule has 0 atom stereocenters. The van der Waals surface area contributed by atoms with E-state index in [1.54, 1.807) is 24.2 Å². The number of benzene rings is 2. The minimum atomic E-state index is -3.60. The molecule has 6 heteroatoms. The SMILES string of the molecule is CCC1(CC)c2ccccc2Sc2cc(S(=O)(=O)NCCc3ccncc3)c(C)cc21. The van der Waals surface area contributed by atoms with Crippen LogP contribution >= 0.6 is 11.8 Å². The molecule has 0 bridgehead atoms. The third-order valence-corrected chi connectivity index (χ3v) is 9.10. The average molecular weight is 453 g/mol. The fourth-order valence-electron chi connectivity index (χ4n) is 4.60. The number of hydrogen-bond donors (Lipinski definition) is 1. The Kier molecular flexibility index (Phi) is 6.24. The Bertz CT molecular complexity index is 1190. The van der Waals surface area contributed by atoms with Crippen LogP contribution in [0, 0.1) is 6.92 Å². The van der Waals surface area contributed by atoms with Crippen LogP contribution in [-0.2, 0) is 21.9 Å². The molecule has 4 nitrogen and oxygen atoms in total. The standard InChI is InChI=1S/C25H28N2O2S2/c1-4-25(5-2)20-8-6-7-9-22(20)30-23-17-24(18(3)16-21(23)25)31(28,29)27-15-12-19-10-13-26-14-11-19/h6-11,13-14,16-17,27H,4-5,12,15H2,1-3H3. The third kappa shape index (κ3) is 4.04. The number of pyridine rings is 1. The summed E-state index contributed by atoms with van der Waals surface area (Å²) in [6.45, 7) is 6.70. The minimum absolute atomic E-state index is 0.0843. The molecule has 0 saturated heterocycles. The highest BCUT2D eigenvalue weighted by molar-refractivity contribution is 7.99. The lowest BCUT2D eigenvalue weighted by atomic mass is 9.70. The van der Waals surface area contributed by atoms with Gasteiger partial charge in [-0.3, -0.25) is 4.98 Å². The summed E-state index contributed by atoms with van der Waals surface area (Å²) in [5.74, 6) is 0. The van der Waals surface area contributed by atoms with E-state index >= 15 is 0 Å². The second-order valence-corrected chi connectivity index (χ2v) is 10.8. The molecule has 1 aromatic heterocycles. The molecule has 4 rings (SSSR count). The Labute approximate surface area is 189 Å². The van der Waals surface area contributed by atoms with Gasteiger partial charge in [-0.1, -0.05) is 49.9 Å². The number of sulfonamides is 1. The average Bonchev–Trinajstić information content (AvgIpc) is 2.78. The van der Waals surface area contributed by atoms with Crippen LogP contribution in [0.2, 0.25) is 0 Å². The molecule has 2 aromatic carbocycles. The number of aromatic nitrogens is 1. The quantitative estimate of drug-likeness (QED) is 0.516. The second-order valence-electron chi connectivity index (χ2n) is 8.00. The topological polar surface area (TPSA) is 59.1 Å². The maximum absolute atomic E-state index is 13.1. The molecule has 0 aliphatic carbocycles. The smallest absolute Gasteiger partial charge is 0.240 e. The van der Waals surface area contributed by atoms with Crippen LogP contribution in [-0.4, -0.2) is 19.9 Å². The minimum Gasteiger partial charge on any atom is -0.265 e. The molecule has 162 valence electrons. The molecule has 2 heterocycles. The van der Waals surface area contributed by atoms with Crippen molar-refractivity contribution in [1.29, 1.82) is 0 Å². The van der Waals surface area contributed by atoms with Crippen LogP contribution < -0.4 is 4.72 Å². The lowest BCUT2D eigenvalue weighted by Crippen LogP contribution is -2.31. The van der Waals surface area contributed by atoms with Crippen LogP contribution in [0.15, 0.2) is 75.6 Å². The van der Waals surface area contributed by atoms with Gasteiger partial charge in [-0.25, -0.2) is 13.1 Å². The highest BCUT2D eigenvalue weighted by Crippen LogP contribution is 2.53. The molecule has 0 unspecified atom stereocenters. The normalized spacial score (nSPS) is 14.7. The number of rotatable bonds is 7. The predicted molar refractivity (Wildman–Crippen MR) is 126 cm³/mol. The largest absolute Gasteiger partial charge is 0.265 e. The molecule has 3 aromatic rings.